The quantitative estimate of drug-likeness (QED) is 0.620. The summed E-state index contributed by atoms with van der Waals surface area (Å²) >= 11 is 0. The van der Waals surface area contributed by atoms with Crippen LogP contribution in [-0.2, 0) is 9.53 Å². The molecule has 2 nitrogen and oxygen atoms in total. The Labute approximate surface area is 94.0 Å². The molecular weight excluding hydrogens is 200 g/mol. The highest BCUT2D eigenvalue weighted by atomic mass is 16.5. The molecule has 6 saturated carbocycles. The van der Waals surface area contributed by atoms with Gasteiger partial charge in [-0.3, -0.25) is 0 Å². The first-order valence-electron chi connectivity index (χ1n) is 6.59. The second-order valence-corrected chi connectivity index (χ2v) is 6.87. The van der Waals surface area contributed by atoms with E-state index >= 15 is 0 Å². The van der Waals surface area contributed by atoms with Crippen LogP contribution in [0.15, 0.2) is 11.6 Å². The number of esters is 1. The van der Waals surface area contributed by atoms with Gasteiger partial charge in [-0.25, -0.2) is 4.79 Å². The standard InChI is InChI=1S/C14H14O2/c1-16-12(15)6-2-5-3-7(6)14-9-4-8-10(11(9)14)13(5,8)14/h2,5,7-11H,3-4H2,1H3/t5-,7+,8-,9-,10+,11-,13-,14-/m0/s1. The Morgan fingerprint density at radius 3 is 2.75 bits per heavy atom. The Morgan fingerprint density at radius 1 is 1.31 bits per heavy atom. The van der Waals surface area contributed by atoms with Gasteiger partial charge in [0.25, 0.3) is 0 Å². The average molecular weight is 214 g/mol. The molecule has 6 fully saturated rings. The van der Waals surface area contributed by atoms with Crippen molar-refractivity contribution in [3.8, 4) is 0 Å². The normalized spacial score (nSPS) is 72.7. The number of hydrogen-bond donors (Lipinski definition) is 0. The first-order chi connectivity index (χ1) is 7.79. The van der Waals surface area contributed by atoms with Crippen LogP contribution in [0.3, 0.4) is 0 Å². The number of carbonyl (C=O) groups is 1. The number of methoxy groups -OCH3 is 1. The molecule has 0 radical (unpaired) electrons. The van der Waals surface area contributed by atoms with Crippen LogP contribution in [0.25, 0.3) is 0 Å². The molecule has 0 saturated heterocycles. The number of hydrogen-bond acceptors (Lipinski definition) is 2. The Morgan fingerprint density at radius 2 is 2.06 bits per heavy atom. The summed E-state index contributed by atoms with van der Waals surface area (Å²) in [5.41, 5.74) is 2.44. The summed E-state index contributed by atoms with van der Waals surface area (Å²) in [5, 5.41) is 0. The molecule has 0 aromatic carbocycles. The van der Waals surface area contributed by atoms with Gasteiger partial charge in [0.2, 0.25) is 0 Å². The van der Waals surface area contributed by atoms with Crippen molar-refractivity contribution < 1.29 is 9.53 Å². The van der Waals surface area contributed by atoms with E-state index in [1.165, 1.54) is 20.0 Å². The van der Waals surface area contributed by atoms with Gasteiger partial charge in [0, 0.05) is 5.57 Å². The van der Waals surface area contributed by atoms with Crippen LogP contribution in [0.5, 0.6) is 0 Å². The molecule has 0 unspecified atom stereocenters. The van der Waals surface area contributed by atoms with Gasteiger partial charge in [0.05, 0.1) is 7.11 Å². The maximum Gasteiger partial charge on any atom is 0.333 e. The van der Waals surface area contributed by atoms with Crippen molar-refractivity contribution in [2.24, 2.45) is 46.3 Å². The lowest BCUT2D eigenvalue weighted by Crippen LogP contribution is -2.38. The first-order valence-corrected chi connectivity index (χ1v) is 6.59. The van der Waals surface area contributed by atoms with E-state index in [9.17, 15) is 4.79 Å². The van der Waals surface area contributed by atoms with Crippen molar-refractivity contribution >= 4 is 5.97 Å². The van der Waals surface area contributed by atoms with Gasteiger partial charge >= 0.3 is 5.97 Å². The zero-order valence-electron chi connectivity index (χ0n) is 9.27. The molecule has 7 aliphatic rings. The fourth-order valence-corrected chi connectivity index (χ4v) is 7.73. The molecule has 2 heteroatoms. The zero-order chi connectivity index (χ0) is 10.4. The van der Waals surface area contributed by atoms with Gasteiger partial charge < -0.3 is 4.74 Å². The minimum Gasteiger partial charge on any atom is -0.466 e. The Bertz CT molecular complexity index is 509. The minimum absolute atomic E-state index is 0.0383. The molecular formula is C14H14O2. The molecule has 0 heterocycles. The Hall–Kier alpha value is -0.790. The van der Waals surface area contributed by atoms with E-state index in [2.05, 4.69) is 6.08 Å². The number of carbonyl (C=O) groups excluding carboxylic acids is 1. The van der Waals surface area contributed by atoms with E-state index in [1.54, 1.807) is 0 Å². The van der Waals surface area contributed by atoms with Crippen LogP contribution >= 0.6 is 0 Å². The second-order valence-electron chi connectivity index (χ2n) is 6.87. The van der Waals surface area contributed by atoms with Crippen LogP contribution in [0.4, 0.5) is 0 Å². The fraction of sp³-hybridized carbons (Fsp3) is 0.786. The number of fused-ring (bicyclic) bond motifs is 2. The average Bonchev–Trinajstić information content (AvgIpc) is 2.78. The second kappa shape index (κ2) is 1.61. The topological polar surface area (TPSA) is 26.3 Å². The van der Waals surface area contributed by atoms with Gasteiger partial charge in [0.1, 0.15) is 0 Å². The molecule has 7 rings (SSSR count). The van der Waals surface area contributed by atoms with Gasteiger partial charge in [0.15, 0.2) is 0 Å². The lowest BCUT2D eigenvalue weighted by Gasteiger charge is -2.39. The van der Waals surface area contributed by atoms with Crippen LogP contribution < -0.4 is 0 Å². The predicted octanol–water partition coefficient (Wildman–Crippen LogP) is 1.62. The van der Waals surface area contributed by atoms with Crippen LogP contribution in [0.2, 0.25) is 0 Å². The van der Waals surface area contributed by atoms with Gasteiger partial charge in [-0.15, -0.1) is 0 Å². The highest BCUT2D eigenvalue weighted by Crippen LogP contribution is 3.11. The summed E-state index contributed by atoms with van der Waals surface area (Å²) in [5.74, 6) is 5.56. The van der Waals surface area contributed by atoms with E-state index in [4.69, 9.17) is 4.74 Å². The molecule has 82 valence electrons. The van der Waals surface area contributed by atoms with Gasteiger partial charge in [-0.2, -0.15) is 0 Å². The maximum absolute atomic E-state index is 11.8. The van der Waals surface area contributed by atoms with Crippen LogP contribution in [0.1, 0.15) is 12.8 Å². The lowest BCUT2D eigenvalue weighted by molar-refractivity contribution is -0.137. The number of allylic oxidation sites excluding steroid dienone is 1. The summed E-state index contributed by atoms with van der Waals surface area (Å²) in [6.07, 6.45) is 5.08. The first kappa shape index (κ1) is 7.52. The minimum atomic E-state index is -0.0383. The van der Waals surface area contributed by atoms with Crippen molar-refractivity contribution in [3.63, 3.8) is 0 Å². The molecule has 0 N–H and O–H groups in total. The third kappa shape index (κ3) is 0.358. The third-order valence-corrected chi connectivity index (χ3v) is 7.48. The van der Waals surface area contributed by atoms with Crippen molar-refractivity contribution in [1.82, 2.24) is 0 Å². The fourth-order valence-electron chi connectivity index (χ4n) is 7.73. The molecule has 2 spiro atoms. The zero-order valence-corrected chi connectivity index (χ0v) is 9.27. The summed E-state index contributed by atoms with van der Waals surface area (Å²) < 4.78 is 4.95. The van der Waals surface area contributed by atoms with Crippen molar-refractivity contribution in [2.45, 2.75) is 12.8 Å². The van der Waals surface area contributed by atoms with Crippen molar-refractivity contribution in [2.75, 3.05) is 7.11 Å². The van der Waals surface area contributed by atoms with Gasteiger partial charge in [-0.05, 0) is 59.2 Å². The van der Waals surface area contributed by atoms with Gasteiger partial charge in [-0.1, -0.05) is 6.08 Å². The molecule has 0 amide bonds. The molecule has 0 aromatic heterocycles. The van der Waals surface area contributed by atoms with E-state index in [0.717, 1.165) is 40.6 Å². The summed E-state index contributed by atoms with van der Waals surface area (Å²) in [6, 6.07) is 0. The molecule has 7 aliphatic carbocycles. The third-order valence-electron chi connectivity index (χ3n) is 7.48. The van der Waals surface area contributed by atoms with E-state index < -0.39 is 0 Å². The molecule has 4 bridgehead atoms. The Kier molecular flexibility index (Phi) is 0.758. The monoisotopic (exact) mass is 214 g/mol. The smallest absolute Gasteiger partial charge is 0.333 e. The highest BCUT2D eigenvalue weighted by molar-refractivity contribution is 5.91. The van der Waals surface area contributed by atoms with E-state index in [-0.39, 0.29) is 5.97 Å². The highest BCUT2D eigenvalue weighted by Gasteiger charge is 3.08. The summed E-state index contributed by atoms with van der Waals surface area (Å²) in [4.78, 5) is 11.8. The van der Waals surface area contributed by atoms with Crippen LogP contribution in [0, 0.1) is 46.3 Å². The van der Waals surface area contributed by atoms with E-state index in [1.807, 2.05) is 0 Å². The SMILES string of the molecule is COC(=O)C1=C[C@H]2C[C@H]1[C@@]13[C@@H]4[C@H]5[C@H](C[C@@H]41)[C@]523. The van der Waals surface area contributed by atoms with Crippen LogP contribution in [-0.4, -0.2) is 13.1 Å². The number of ether oxygens (including phenoxy) is 1. The summed E-state index contributed by atoms with van der Waals surface area (Å²) in [6.45, 7) is 0. The summed E-state index contributed by atoms with van der Waals surface area (Å²) in [7, 11) is 1.52. The molecule has 8 atom stereocenters. The van der Waals surface area contributed by atoms with Crippen molar-refractivity contribution in [1.29, 1.82) is 0 Å². The largest absolute Gasteiger partial charge is 0.466 e. The van der Waals surface area contributed by atoms with E-state index in [0.29, 0.717) is 11.3 Å². The lowest BCUT2D eigenvalue weighted by atomic mass is 9.64. The van der Waals surface area contributed by atoms with Crippen molar-refractivity contribution in [3.05, 3.63) is 11.6 Å². The predicted molar refractivity (Wildman–Crippen MR) is 55.1 cm³/mol. The number of rotatable bonds is 1. The molecule has 0 aliphatic heterocycles. The molecule has 0 aromatic rings. The Balaban J connectivity index is 1.57. The molecule has 16 heavy (non-hydrogen) atoms. The maximum atomic E-state index is 11.8.